The Hall–Kier alpha value is -2.35. The van der Waals surface area contributed by atoms with Gasteiger partial charge in [0, 0.05) is 19.4 Å². The van der Waals surface area contributed by atoms with Gasteiger partial charge in [-0.2, -0.15) is 5.10 Å². The number of halogens is 1. The van der Waals surface area contributed by atoms with E-state index in [9.17, 15) is 9.59 Å². The van der Waals surface area contributed by atoms with Crippen LogP contribution < -0.4 is 10.9 Å². The minimum atomic E-state index is -0.575. The third-order valence-electron chi connectivity index (χ3n) is 2.85. The number of imidazole rings is 1. The lowest BCUT2D eigenvalue weighted by atomic mass is 10.4. The molecule has 1 N–H and O–H groups in total. The van der Waals surface area contributed by atoms with Gasteiger partial charge in [-0.25, -0.2) is 9.67 Å². The molecule has 0 amide bonds. The molecule has 2 aromatic rings. The molecule has 0 aliphatic rings. The Bertz CT molecular complexity index is 709. The van der Waals surface area contributed by atoms with Gasteiger partial charge < -0.3 is 14.6 Å². The number of nitrogens with zero attached hydrogens (tertiary/aromatic N) is 4. The molecule has 0 saturated carbocycles. The second kappa shape index (κ2) is 6.40. The number of hydrogen-bond acceptors (Lipinski definition) is 6. The predicted molar refractivity (Wildman–Crippen MR) is 76.1 cm³/mol. The van der Waals surface area contributed by atoms with Crippen molar-refractivity contribution in [2.24, 2.45) is 7.05 Å². The molecule has 0 aliphatic heterocycles. The van der Waals surface area contributed by atoms with Crippen LogP contribution in [0.3, 0.4) is 0 Å². The Balaban J connectivity index is 2.15. The fourth-order valence-electron chi connectivity index (χ4n) is 1.63. The van der Waals surface area contributed by atoms with Crippen molar-refractivity contribution >= 4 is 23.3 Å². The molecule has 0 unspecified atom stereocenters. The van der Waals surface area contributed by atoms with E-state index in [1.165, 1.54) is 13.3 Å². The molecule has 9 heteroatoms. The van der Waals surface area contributed by atoms with E-state index in [0.29, 0.717) is 12.2 Å². The zero-order chi connectivity index (χ0) is 15.4. The monoisotopic (exact) mass is 311 g/mol. The Labute approximate surface area is 125 Å². The van der Waals surface area contributed by atoms with Crippen molar-refractivity contribution in [3.63, 3.8) is 0 Å². The predicted octanol–water partition coefficient (Wildman–Crippen LogP) is 0.415. The molecule has 0 aliphatic carbocycles. The van der Waals surface area contributed by atoms with Gasteiger partial charge in [0.2, 0.25) is 0 Å². The molecule has 8 nitrogen and oxygen atoms in total. The molecule has 0 bridgehead atoms. The molecule has 0 saturated heterocycles. The van der Waals surface area contributed by atoms with Crippen LogP contribution in [0.4, 0.5) is 5.69 Å². The van der Waals surface area contributed by atoms with Gasteiger partial charge in [-0.05, 0) is 0 Å². The van der Waals surface area contributed by atoms with Crippen molar-refractivity contribution in [1.82, 2.24) is 19.3 Å². The molecule has 2 aromatic heterocycles. The van der Waals surface area contributed by atoms with Gasteiger partial charge in [0.1, 0.15) is 17.4 Å². The van der Waals surface area contributed by atoms with Gasteiger partial charge in [0.15, 0.2) is 0 Å². The number of rotatable bonds is 5. The number of aromatic nitrogens is 4. The third-order valence-corrected chi connectivity index (χ3v) is 3.21. The summed E-state index contributed by atoms with van der Waals surface area (Å²) in [6, 6.07) is 0. The summed E-state index contributed by atoms with van der Waals surface area (Å²) < 4.78 is 7.27. The lowest BCUT2D eigenvalue weighted by molar-refractivity contribution is -0.141. The summed E-state index contributed by atoms with van der Waals surface area (Å²) >= 11 is 5.99. The summed E-state index contributed by atoms with van der Waals surface area (Å²) in [5.74, 6) is 0.208. The lowest BCUT2D eigenvalue weighted by Gasteiger charge is -2.09. The average molecular weight is 312 g/mol. The molecule has 2 heterocycles. The van der Waals surface area contributed by atoms with E-state index in [4.69, 9.17) is 11.6 Å². The van der Waals surface area contributed by atoms with E-state index in [0.717, 1.165) is 10.5 Å². The number of esters is 1. The highest BCUT2D eigenvalue weighted by Gasteiger charge is 2.12. The van der Waals surface area contributed by atoms with E-state index in [1.807, 2.05) is 17.8 Å². The highest BCUT2D eigenvalue weighted by molar-refractivity contribution is 6.32. The van der Waals surface area contributed by atoms with Gasteiger partial charge in [0.25, 0.3) is 5.56 Å². The van der Waals surface area contributed by atoms with Crippen LogP contribution in [0.15, 0.2) is 23.4 Å². The molecule has 0 radical (unpaired) electrons. The molecule has 2 rings (SSSR count). The van der Waals surface area contributed by atoms with Crippen molar-refractivity contribution in [2.45, 2.75) is 13.1 Å². The average Bonchev–Trinajstić information content (AvgIpc) is 2.88. The Morgan fingerprint density at radius 1 is 1.52 bits per heavy atom. The van der Waals surface area contributed by atoms with E-state index in [2.05, 4.69) is 20.1 Å². The van der Waals surface area contributed by atoms with Crippen molar-refractivity contribution in [1.29, 1.82) is 0 Å². The van der Waals surface area contributed by atoms with E-state index in [-0.39, 0.29) is 11.6 Å². The smallest absolute Gasteiger partial charge is 0.327 e. The van der Waals surface area contributed by atoms with Crippen molar-refractivity contribution in [3.05, 3.63) is 39.8 Å². The number of anilines is 1. The first kappa shape index (κ1) is 15.0. The summed E-state index contributed by atoms with van der Waals surface area (Å²) in [5, 5.41) is 6.82. The fourth-order valence-corrected chi connectivity index (χ4v) is 1.84. The summed E-state index contributed by atoms with van der Waals surface area (Å²) in [4.78, 5) is 27.3. The molecular weight excluding hydrogens is 298 g/mol. The number of nitrogens with one attached hydrogen (secondary N) is 1. The minimum absolute atomic E-state index is 0.0388. The quantitative estimate of drug-likeness (QED) is 0.805. The molecule has 0 spiro atoms. The van der Waals surface area contributed by atoms with Crippen LogP contribution in [-0.4, -0.2) is 32.4 Å². The van der Waals surface area contributed by atoms with Gasteiger partial charge in [0.05, 0.1) is 25.5 Å². The lowest BCUT2D eigenvalue weighted by Crippen LogP contribution is -2.28. The number of hydrogen-bond donors (Lipinski definition) is 1. The van der Waals surface area contributed by atoms with Crippen LogP contribution in [0, 0.1) is 0 Å². The maximum atomic E-state index is 12.0. The number of carbonyl (C=O) groups is 1. The maximum Gasteiger partial charge on any atom is 0.327 e. The topological polar surface area (TPSA) is 91.0 Å². The van der Waals surface area contributed by atoms with Crippen molar-refractivity contribution in [3.8, 4) is 0 Å². The van der Waals surface area contributed by atoms with Crippen molar-refractivity contribution in [2.75, 3.05) is 12.4 Å². The van der Waals surface area contributed by atoms with Gasteiger partial charge in [-0.3, -0.25) is 9.59 Å². The summed E-state index contributed by atoms with van der Waals surface area (Å²) in [6.07, 6.45) is 4.87. The van der Waals surface area contributed by atoms with Gasteiger partial charge in [-0.15, -0.1) is 0 Å². The van der Waals surface area contributed by atoms with Crippen LogP contribution in [0.1, 0.15) is 5.82 Å². The number of aryl methyl sites for hydroxylation is 1. The van der Waals surface area contributed by atoms with E-state index < -0.39 is 11.5 Å². The summed E-state index contributed by atoms with van der Waals surface area (Å²) in [7, 11) is 3.09. The molecule has 112 valence electrons. The van der Waals surface area contributed by atoms with E-state index in [1.54, 1.807) is 6.20 Å². The number of ether oxygens (including phenoxy) is 1. The Morgan fingerprint density at radius 3 is 2.90 bits per heavy atom. The van der Waals surface area contributed by atoms with Gasteiger partial charge in [-0.1, -0.05) is 11.6 Å². The van der Waals surface area contributed by atoms with Crippen LogP contribution in [0.5, 0.6) is 0 Å². The van der Waals surface area contributed by atoms with Crippen molar-refractivity contribution < 1.29 is 9.53 Å². The first-order valence-electron chi connectivity index (χ1n) is 6.05. The van der Waals surface area contributed by atoms with E-state index >= 15 is 0 Å². The first-order chi connectivity index (χ1) is 10.0. The highest BCUT2D eigenvalue weighted by atomic mass is 35.5. The van der Waals surface area contributed by atoms with Crippen LogP contribution in [-0.2, 0) is 29.7 Å². The van der Waals surface area contributed by atoms with Crippen LogP contribution >= 0.6 is 11.6 Å². The van der Waals surface area contributed by atoms with Gasteiger partial charge >= 0.3 is 5.97 Å². The standard InChI is InChI=1S/C12H14ClN5O3/c1-17-4-3-14-9(17)6-15-8-5-16-18(7-10(19)21-2)12(20)11(8)13/h3-5,15H,6-7H2,1-2H3. The Morgan fingerprint density at radius 2 is 2.29 bits per heavy atom. The second-order valence-corrected chi connectivity index (χ2v) is 4.60. The zero-order valence-corrected chi connectivity index (χ0v) is 12.3. The SMILES string of the molecule is COC(=O)Cn1ncc(NCc2nccn2C)c(Cl)c1=O. The summed E-state index contributed by atoms with van der Waals surface area (Å²) in [6.45, 7) is 0.111. The molecule has 21 heavy (non-hydrogen) atoms. The number of carbonyl (C=O) groups excluding carboxylic acids is 1. The third kappa shape index (κ3) is 3.40. The summed E-state index contributed by atoms with van der Waals surface area (Å²) in [5.41, 5.74) is -0.183. The second-order valence-electron chi connectivity index (χ2n) is 4.22. The molecule has 0 aromatic carbocycles. The molecule has 0 fully saturated rings. The zero-order valence-electron chi connectivity index (χ0n) is 11.5. The first-order valence-corrected chi connectivity index (χ1v) is 6.43. The highest BCUT2D eigenvalue weighted by Crippen LogP contribution is 2.16. The van der Waals surface area contributed by atoms with Crippen LogP contribution in [0.25, 0.3) is 0 Å². The molecular formula is C12H14ClN5O3. The minimum Gasteiger partial charge on any atom is -0.468 e. The van der Waals surface area contributed by atoms with Crippen LogP contribution in [0.2, 0.25) is 5.02 Å². The normalized spacial score (nSPS) is 10.4. The molecule has 0 atom stereocenters. The Kier molecular flexibility index (Phi) is 4.59. The maximum absolute atomic E-state index is 12.0. The fraction of sp³-hybridized carbons (Fsp3) is 0.333. The number of methoxy groups -OCH3 is 1. The largest absolute Gasteiger partial charge is 0.468 e.